The minimum Gasteiger partial charge on any atom is -0.486 e. The van der Waals surface area contributed by atoms with Crippen molar-refractivity contribution in [3.8, 4) is 22.8 Å². The third-order valence-electron chi connectivity index (χ3n) is 3.97. The number of fused-ring (bicyclic) bond motifs is 1. The first-order valence-electron chi connectivity index (χ1n) is 7.23. The topological polar surface area (TPSA) is 47.1 Å². The lowest BCUT2D eigenvalue weighted by atomic mass is 10.1. The molecule has 0 radical (unpaired) electrons. The summed E-state index contributed by atoms with van der Waals surface area (Å²) in [5.41, 5.74) is 3.10. The lowest BCUT2D eigenvalue weighted by Crippen LogP contribution is -2.15. The van der Waals surface area contributed by atoms with Crippen molar-refractivity contribution >= 4 is 12.2 Å². The van der Waals surface area contributed by atoms with E-state index in [1.807, 2.05) is 25.1 Å². The summed E-state index contributed by atoms with van der Waals surface area (Å²) in [6.07, 6.45) is 2.39. The zero-order valence-corrected chi connectivity index (χ0v) is 12.6. The Kier molecular flexibility index (Phi) is 2.96. The average Bonchev–Trinajstić information content (AvgIpc) is 3.34. The Hall–Kier alpha value is -1.88. The van der Waals surface area contributed by atoms with E-state index < -0.39 is 0 Å². The first-order chi connectivity index (χ1) is 10.2. The van der Waals surface area contributed by atoms with E-state index in [1.165, 1.54) is 12.8 Å². The molecule has 108 valence electrons. The average molecular weight is 300 g/mol. The normalized spacial score (nSPS) is 16.8. The number of benzene rings is 1. The maximum atomic E-state index is 5.67. The zero-order chi connectivity index (χ0) is 14.4. The highest BCUT2D eigenvalue weighted by Gasteiger charge is 2.27. The van der Waals surface area contributed by atoms with Gasteiger partial charge in [-0.25, -0.2) is 4.98 Å². The van der Waals surface area contributed by atoms with E-state index >= 15 is 0 Å². The molecular formula is C16H16N2O2S. The van der Waals surface area contributed by atoms with Crippen LogP contribution in [0, 0.1) is 11.6 Å². The molecule has 1 aromatic carbocycles. The van der Waals surface area contributed by atoms with Crippen molar-refractivity contribution in [2.24, 2.45) is 0 Å². The van der Waals surface area contributed by atoms with Gasteiger partial charge in [0.1, 0.15) is 23.7 Å². The van der Waals surface area contributed by atoms with Crippen LogP contribution in [0.3, 0.4) is 0 Å². The van der Waals surface area contributed by atoms with E-state index in [0.717, 1.165) is 34.1 Å². The monoisotopic (exact) mass is 300 g/mol. The maximum Gasteiger partial charge on any atom is 0.162 e. The number of hydrogen-bond acceptors (Lipinski definition) is 4. The largest absolute Gasteiger partial charge is 0.486 e. The van der Waals surface area contributed by atoms with Crippen LogP contribution in [0.15, 0.2) is 18.2 Å². The van der Waals surface area contributed by atoms with Crippen molar-refractivity contribution < 1.29 is 9.47 Å². The third kappa shape index (κ3) is 2.31. The standard InChI is InChI=1S/C16H16N2O2S/c1-9-14(17-15(10-2-3-10)18-16(9)21)11-4-5-12-13(8-11)20-7-6-19-12/h4-5,8,10H,2-3,6-7H2,1H3,(H,17,18,21). The molecule has 4 rings (SSSR count). The smallest absolute Gasteiger partial charge is 0.162 e. The molecule has 21 heavy (non-hydrogen) atoms. The van der Waals surface area contributed by atoms with Gasteiger partial charge >= 0.3 is 0 Å². The van der Waals surface area contributed by atoms with E-state index in [-0.39, 0.29) is 0 Å². The predicted molar refractivity (Wildman–Crippen MR) is 82.6 cm³/mol. The van der Waals surface area contributed by atoms with Crippen LogP contribution in [0.4, 0.5) is 0 Å². The molecule has 1 aliphatic carbocycles. The first kappa shape index (κ1) is 12.8. The molecule has 2 heterocycles. The van der Waals surface area contributed by atoms with E-state index in [0.29, 0.717) is 23.8 Å². The third-order valence-corrected chi connectivity index (χ3v) is 4.36. The van der Waals surface area contributed by atoms with Gasteiger partial charge in [0.25, 0.3) is 0 Å². The highest BCUT2D eigenvalue weighted by Crippen LogP contribution is 2.40. The molecule has 5 heteroatoms. The van der Waals surface area contributed by atoms with Gasteiger partial charge in [0, 0.05) is 17.0 Å². The zero-order valence-electron chi connectivity index (χ0n) is 11.8. The Morgan fingerprint density at radius 2 is 1.95 bits per heavy atom. The van der Waals surface area contributed by atoms with Gasteiger partial charge in [-0.2, -0.15) is 0 Å². The van der Waals surface area contributed by atoms with Crippen LogP contribution >= 0.6 is 12.2 Å². The Balaban J connectivity index is 1.84. The summed E-state index contributed by atoms with van der Waals surface area (Å²) in [5.74, 6) is 3.15. The van der Waals surface area contributed by atoms with Crippen LogP contribution in [0.25, 0.3) is 11.3 Å². The second-order valence-electron chi connectivity index (χ2n) is 5.56. The van der Waals surface area contributed by atoms with Gasteiger partial charge in [-0.15, -0.1) is 0 Å². The second-order valence-corrected chi connectivity index (χ2v) is 5.95. The maximum absolute atomic E-state index is 5.67. The van der Waals surface area contributed by atoms with Crippen LogP contribution in [-0.4, -0.2) is 23.2 Å². The van der Waals surface area contributed by atoms with Gasteiger partial charge in [0.15, 0.2) is 11.5 Å². The summed E-state index contributed by atoms with van der Waals surface area (Å²) in [4.78, 5) is 7.98. The molecule has 1 saturated carbocycles. The molecule has 0 atom stereocenters. The summed E-state index contributed by atoms with van der Waals surface area (Å²) in [6.45, 7) is 3.21. The van der Waals surface area contributed by atoms with Gasteiger partial charge in [-0.1, -0.05) is 12.2 Å². The van der Waals surface area contributed by atoms with Crippen LogP contribution in [0.5, 0.6) is 11.5 Å². The minimum atomic E-state index is 0.545. The lowest BCUT2D eigenvalue weighted by Gasteiger charge is -2.19. The van der Waals surface area contributed by atoms with Crippen LogP contribution in [0.2, 0.25) is 0 Å². The summed E-state index contributed by atoms with van der Waals surface area (Å²) in [5, 5.41) is 0. The molecule has 0 amide bonds. The van der Waals surface area contributed by atoms with Gasteiger partial charge < -0.3 is 14.5 Å². The second kappa shape index (κ2) is 4.84. The number of hydrogen-bond donors (Lipinski definition) is 1. The molecule has 1 N–H and O–H groups in total. The van der Waals surface area contributed by atoms with E-state index in [1.54, 1.807) is 0 Å². The van der Waals surface area contributed by atoms with Crippen molar-refractivity contribution in [2.75, 3.05) is 13.2 Å². The van der Waals surface area contributed by atoms with Crippen molar-refractivity contribution in [3.05, 3.63) is 34.2 Å². The highest BCUT2D eigenvalue weighted by atomic mass is 32.1. The molecule has 0 unspecified atom stereocenters. The molecule has 1 fully saturated rings. The summed E-state index contributed by atoms with van der Waals surface area (Å²) in [7, 11) is 0. The fourth-order valence-electron chi connectivity index (χ4n) is 2.59. The number of nitrogens with zero attached hydrogens (tertiary/aromatic N) is 1. The molecular weight excluding hydrogens is 284 g/mol. The van der Waals surface area contributed by atoms with Crippen LogP contribution < -0.4 is 9.47 Å². The van der Waals surface area contributed by atoms with Crippen LogP contribution in [0.1, 0.15) is 30.1 Å². The summed E-state index contributed by atoms with van der Waals surface area (Å²) < 4.78 is 11.9. The lowest BCUT2D eigenvalue weighted by molar-refractivity contribution is 0.171. The van der Waals surface area contributed by atoms with Gasteiger partial charge in [0.05, 0.1) is 5.69 Å². The molecule has 1 aliphatic heterocycles. The Labute approximate surface area is 128 Å². The Bertz CT molecular complexity index is 765. The van der Waals surface area contributed by atoms with Crippen molar-refractivity contribution in [2.45, 2.75) is 25.7 Å². The quantitative estimate of drug-likeness (QED) is 0.858. The van der Waals surface area contributed by atoms with E-state index in [4.69, 9.17) is 21.7 Å². The number of rotatable bonds is 2. The molecule has 0 spiro atoms. The number of ether oxygens (including phenoxy) is 2. The van der Waals surface area contributed by atoms with Gasteiger partial charge in [-0.3, -0.25) is 0 Å². The molecule has 4 nitrogen and oxygen atoms in total. The van der Waals surface area contributed by atoms with Crippen LogP contribution in [-0.2, 0) is 0 Å². The molecule has 0 saturated heterocycles. The SMILES string of the molecule is Cc1c(-c2ccc3c(c2)OCCO3)[nH]c(C2CC2)nc1=S. The summed E-state index contributed by atoms with van der Waals surface area (Å²) in [6, 6.07) is 6.01. The molecule has 2 aromatic rings. The summed E-state index contributed by atoms with van der Waals surface area (Å²) >= 11 is 5.41. The van der Waals surface area contributed by atoms with Crippen molar-refractivity contribution in [1.82, 2.24) is 9.97 Å². The number of nitrogens with one attached hydrogen (secondary N) is 1. The molecule has 1 aromatic heterocycles. The molecule has 2 aliphatic rings. The first-order valence-corrected chi connectivity index (χ1v) is 7.64. The number of aromatic amines is 1. The fourth-order valence-corrected chi connectivity index (χ4v) is 2.79. The molecule has 0 bridgehead atoms. The van der Waals surface area contributed by atoms with Gasteiger partial charge in [0.2, 0.25) is 0 Å². The Morgan fingerprint density at radius 3 is 2.71 bits per heavy atom. The van der Waals surface area contributed by atoms with Crippen molar-refractivity contribution in [3.63, 3.8) is 0 Å². The predicted octanol–water partition coefficient (Wildman–Crippen LogP) is 3.76. The van der Waals surface area contributed by atoms with E-state index in [2.05, 4.69) is 9.97 Å². The number of H-pyrrole nitrogens is 1. The van der Waals surface area contributed by atoms with Gasteiger partial charge in [-0.05, 0) is 38.0 Å². The highest BCUT2D eigenvalue weighted by molar-refractivity contribution is 7.71. The minimum absolute atomic E-state index is 0.545. The Morgan fingerprint density at radius 1 is 1.19 bits per heavy atom. The van der Waals surface area contributed by atoms with E-state index in [9.17, 15) is 0 Å². The van der Waals surface area contributed by atoms with Crippen molar-refractivity contribution in [1.29, 1.82) is 0 Å². The number of aromatic nitrogens is 2. The fraction of sp³-hybridized carbons (Fsp3) is 0.375.